The summed E-state index contributed by atoms with van der Waals surface area (Å²) in [7, 11) is 0. The third-order valence-corrected chi connectivity index (χ3v) is 3.46. The first-order valence-electron chi connectivity index (χ1n) is 6.47. The predicted molar refractivity (Wildman–Crippen MR) is 63.4 cm³/mol. The van der Waals surface area contributed by atoms with Gasteiger partial charge in [-0.25, -0.2) is 0 Å². The highest BCUT2D eigenvalue weighted by Crippen LogP contribution is 2.30. The molecule has 1 N–H and O–H groups in total. The maximum Gasteiger partial charge on any atom is 0.306 e. The molecule has 0 aromatic carbocycles. The first-order valence-corrected chi connectivity index (χ1v) is 6.47. The van der Waals surface area contributed by atoms with Crippen LogP contribution in [-0.4, -0.2) is 23.8 Å². The summed E-state index contributed by atoms with van der Waals surface area (Å²) in [5.74, 6) is -0.268. The summed E-state index contributed by atoms with van der Waals surface area (Å²) in [6, 6.07) is 0. The van der Waals surface area contributed by atoms with Crippen molar-refractivity contribution in [2.75, 3.05) is 6.61 Å². The second kappa shape index (κ2) is 6.89. The van der Waals surface area contributed by atoms with E-state index >= 15 is 0 Å². The van der Waals surface area contributed by atoms with Gasteiger partial charge in [-0.3, -0.25) is 4.79 Å². The van der Waals surface area contributed by atoms with E-state index in [4.69, 9.17) is 9.84 Å². The molecule has 1 aliphatic carbocycles. The maximum absolute atomic E-state index is 10.8. The molecule has 0 radical (unpaired) electrons. The van der Waals surface area contributed by atoms with E-state index in [0.717, 1.165) is 45.1 Å². The Morgan fingerprint density at radius 3 is 2.50 bits per heavy atom. The highest BCUT2D eigenvalue weighted by atomic mass is 16.5. The van der Waals surface area contributed by atoms with Gasteiger partial charge in [0.1, 0.15) is 0 Å². The summed E-state index contributed by atoms with van der Waals surface area (Å²) in [5, 5.41) is 8.86. The van der Waals surface area contributed by atoms with Crippen molar-refractivity contribution in [3.63, 3.8) is 0 Å². The van der Waals surface area contributed by atoms with Gasteiger partial charge in [-0.2, -0.15) is 0 Å². The summed E-state index contributed by atoms with van der Waals surface area (Å²) in [4.78, 5) is 10.8. The van der Waals surface area contributed by atoms with Crippen molar-refractivity contribution < 1.29 is 14.6 Å². The first-order chi connectivity index (χ1) is 7.63. The van der Waals surface area contributed by atoms with Crippen LogP contribution in [0, 0.1) is 11.8 Å². The van der Waals surface area contributed by atoms with E-state index in [1.54, 1.807) is 0 Å². The molecule has 1 fully saturated rings. The Kier molecular flexibility index (Phi) is 5.81. The molecule has 0 saturated heterocycles. The molecule has 0 aliphatic heterocycles. The third kappa shape index (κ3) is 4.52. The molecule has 0 aromatic heterocycles. The highest BCUT2D eigenvalue weighted by molar-refractivity contribution is 5.69. The number of carboxylic acid groups (broad SMARTS) is 1. The van der Waals surface area contributed by atoms with Gasteiger partial charge in [0, 0.05) is 6.61 Å². The fourth-order valence-corrected chi connectivity index (χ4v) is 2.42. The largest absolute Gasteiger partial charge is 0.481 e. The Bertz CT molecular complexity index is 207. The van der Waals surface area contributed by atoms with Crippen molar-refractivity contribution in [2.45, 2.75) is 58.5 Å². The Morgan fingerprint density at radius 1 is 1.38 bits per heavy atom. The lowest BCUT2D eigenvalue weighted by Crippen LogP contribution is -2.24. The SMILES string of the molecule is CCCOC1CCC(C[C@H](C)C(=O)O)CC1. The van der Waals surface area contributed by atoms with E-state index < -0.39 is 5.97 Å². The van der Waals surface area contributed by atoms with Crippen molar-refractivity contribution in [1.29, 1.82) is 0 Å². The molecule has 3 heteroatoms. The van der Waals surface area contributed by atoms with Gasteiger partial charge in [-0.1, -0.05) is 13.8 Å². The number of rotatable bonds is 6. The molecule has 0 aromatic rings. The molecule has 0 spiro atoms. The van der Waals surface area contributed by atoms with Crippen LogP contribution in [-0.2, 0) is 9.53 Å². The van der Waals surface area contributed by atoms with E-state index in [9.17, 15) is 4.79 Å². The van der Waals surface area contributed by atoms with Crippen molar-refractivity contribution in [1.82, 2.24) is 0 Å². The number of hydrogen-bond donors (Lipinski definition) is 1. The van der Waals surface area contributed by atoms with Crippen molar-refractivity contribution in [3.8, 4) is 0 Å². The van der Waals surface area contributed by atoms with Crippen molar-refractivity contribution in [2.24, 2.45) is 11.8 Å². The summed E-state index contributed by atoms with van der Waals surface area (Å²) in [6.45, 7) is 4.79. The Morgan fingerprint density at radius 2 is 2.00 bits per heavy atom. The second-order valence-electron chi connectivity index (χ2n) is 4.99. The molecule has 1 atom stereocenters. The zero-order valence-corrected chi connectivity index (χ0v) is 10.4. The second-order valence-corrected chi connectivity index (χ2v) is 4.99. The lowest BCUT2D eigenvalue weighted by Gasteiger charge is -2.29. The monoisotopic (exact) mass is 228 g/mol. The molecule has 1 rings (SSSR count). The van der Waals surface area contributed by atoms with Gasteiger partial charge in [0.2, 0.25) is 0 Å². The van der Waals surface area contributed by atoms with Crippen LogP contribution < -0.4 is 0 Å². The summed E-state index contributed by atoms with van der Waals surface area (Å²) in [5.41, 5.74) is 0. The minimum absolute atomic E-state index is 0.196. The highest BCUT2D eigenvalue weighted by Gasteiger charge is 2.24. The summed E-state index contributed by atoms with van der Waals surface area (Å²) < 4.78 is 5.72. The van der Waals surface area contributed by atoms with Gasteiger partial charge >= 0.3 is 5.97 Å². The number of carboxylic acids is 1. The van der Waals surface area contributed by atoms with Gasteiger partial charge < -0.3 is 9.84 Å². The average molecular weight is 228 g/mol. The van der Waals surface area contributed by atoms with Gasteiger partial charge in [0.25, 0.3) is 0 Å². The van der Waals surface area contributed by atoms with Crippen LogP contribution in [0.3, 0.4) is 0 Å². The van der Waals surface area contributed by atoms with Crippen LogP contribution in [0.5, 0.6) is 0 Å². The average Bonchev–Trinajstić information content (AvgIpc) is 2.28. The lowest BCUT2D eigenvalue weighted by molar-refractivity contribution is -0.141. The Hall–Kier alpha value is -0.570. The number of aliphatic carboxylic acids is 1. The normalized spacial score (nSPS) is 27.6. The molecular weight excluding hydrogens is 204 g/mol. The van der Waals surface area contributed by atoms with E-state index in [1.165, 1.54) is 0 Å². The molecule has 3 nitrogen and oxygen atoms in total. The zero-order chi connectivity index (χ0) is 12.0. The predicted octanol–water partition coefficient (Wildman–Crippen LogP) is 3.08. The molecule has 94 valence electrons. The van der Waals surface area contributed by atoms with E-state index in [1.807, 2.05) is 6.92 Å². The molecule has 0 amide bonds. The van der Waals surface area contributed by atoms with E-state index in [-0.39, 0.29) is 5.92 Å². The number of carbonyl (C=O) groups is 1. The third-order valence-electron chi connectivity index (χ3n) is 3.46. The van der Waals surface area contributed by atoms with Crippen LogP contribution in [0.25, 0.3) is 0 Å². The van der Waals surface area contributed by atoms with Gasteiger partial charge in [-0.15, -0.1) is 0 Å². The van der Waals surface area contributed by atoms with E-state index in [0.29, 0.717) is 12.0 Å². The molecule has 0 unspecified atom stereocenters. The molecule has 0 bridgehead atoms. The maximum atomic E-state index is 10.8. The lowest BCUT2D eigenvalue weighted by atomic mass is 9.82. The quantitative estimate of drug-likeness (QED) is 0.760. The van der Waals surface area contributed by atoms with Gasteiger partial charge in [-0.05, 0) is 44.4 Å². The minimum Gasteiger partial charge on any atom is -0.481 e. The molecule has 0 heterocycles. The van der Waals surface area contributed by atoms with Crippen LogP contribution >= 0.6 is 0 Å². The Labute approximate surface area is 98.2 Å². The van der Waals surface area contributed by atoms with Gasteiger partial charge in [0.05, 0.1) is 12.0 Å². The van der Waals surface area contributed by atoms with Crippen molar-refractivity contribution in [3.05, 3.63) is 0 Å². The molecule has 1 saturated carbocycles. The number of hydrogen-bond acceptors (Lipinski definition) is 2. The van der Waals surface area contributed by atoms with Crippen molar-refractivity contribution >= 4 is 5.97 Å². The van der Waals surface area contributed by atoms with Gasteiger partial charge in [0.15, 0.2) is 0 Å². The smallest absolute Gasteiger partial charge is 0.306 e. The summed E-state index contributed by atoms with van der Waals surface area (Å²) in [6.07, 6.45) is 6.81. The van der Waals surface area contributed by atoms with Crippen LogP contribution in [0.15, 0.2) is 0 Å². The molecule has 1 aliphatic rings. The topological polar surface area (TPSA) is 46.5 Å². The number of ether oxygens (including phenoxy) is 1. The summed E-state index contributed by atoms with van der Waals surface area (Å²) >= 11 is 0. The van der Waals surface area contributed by atoms with Crippen LogP contribution in [0.4, 0.5) is 0 Å². The van der Waals surface area contributed by atoms with Crippen LogP contribution in [0.2, 0.25) is 0 Å². The zero-order valence-electron chi connectivity index (χ0n) is 10.4. The molecule has 16 heavy (non-hydrogen) atoms. The fourth-order valence-electron chi connectivity index (χ4n) is 2.42. The Balaban J connectivity index is 2.19. The standard InChI is InChI=1S/C13H24O3/c1-3-8-16-12-6-4-11(5-7-12)9-10(2)13(14)15/h10-12H,3-9H2,1-2H3,(H,14,15)/t10-,11?,12?/m0/s1. The fraction of sp³-hybridized carbons (Fsp3) is 0.923. The first kappa shape index (κ1) is 13.5. The minimum atomic E-state index is -0.663. The van der Waals surface area contributed by atoms with E-state index in [2.05, 4.69) is 6.92 Å². The molecular formula is C13H24O3. The van der Waals surface area contributed by atoms with Crippen LogP contribution in [0.1, 0.15) is 52.4 Å².